The molecule has 0 fully saturated rings. The third-order valence-corrected chi connectivity index (χ3v) is 5.75. The SMILES string of the molecule is O=C(CNC(=O)OCC1c2ccccc2-c2ccccc21)NC(Cc1ccc(O)cc1)C(=O)O. The number of amides is 2. The molecule has 0 heterocycles. The van der Waals surface area contributed by atoms with Crippen molar-refractivity contribution in [3.05, 3.63) is 89.5 Å². The number of carbonyl (C=O) groups excluding carboxylic acids is 2. The Balaban J connectivity index is 1.29. The lowest BCUT2D eigenvalue weighted by molar-refractivity contribution is -0.141. The van der Waals surface area contributed by atoms with Gasteiger partial charge in [-0.25, -0.2) is 9.59 Å². The van der Waals surface area contributed by atoms with E-state index in [-0.39, 0.29) is 24.7 Å². The Morgan fingerprint density at radius 2 is 1.47 bits per heavy atom. The van der Waals surface area contributed by atoms with Crippen LogP contribution in [0.2, 0.25) is 0 Å². The van der Waals surface area contributed by atoms with Crippen LogP contribution in [0.3, 0.4) is 0 Å². The normalized spacial score (nSPS) is 12.8. The molecule has 0 saturated heterocycles. The summed E-state index contributed by atoms with van der Waals surface area (Å²) in [5.74, 6) is -1.90. The lowest BCUT2D eigenvalue weighted by Gasteiger charge is -2.16. The summed E-state index contributed by atoms with van der Waals surface area (Å²) < 4.78 is 5.38. The van der Waals surface area contributed by atoms with Crippen LogP contribution in [-0.4, -0.2) is 47.4 Å². The number of nitrogens with one attached hydrogen (secondary N) is 2. The van der Waals surface area contributed by atoms with E-state index >= 15 is 0 Å². The molecule has 3 aromatic rings. The second-order valence-electron chi connectivity index (χ2n) is 8.01. The number of carboxylic acids is 1. The van der Waals surface area contributed by atoms with Crippen LogP contribution in [0.5, 0.6) is 5.75 Å². The van der Waals surface area contributed by atoms with Crippen molar-refractivity contribution in [3.63, 3.8) is 0 Å². The maximum atomic E-state index is 12.2. The van der Waals surface area contributed by atoms with Gasteiger partial charge in [0.15, 0.2) is 0 Å². The number of alkyl carbamates (subject to hydrolysis) is 1. The van der Waals surface area contributed by atoms with Crippen LogP contribution in [0.1, 0.15) is 22.6 Å². The van der Waals surface area contributed by atoms with Crippen LogP contribution in [0.25, 0.3) is 11.1 Å². The molecule has 1 aliphatic rings. The topological polar surface area (TPSA) is 125 Å². The predicted molar refractivity (Wildman–Crippen MR) is 124 cm³/mol. The lowest BCUT2D eigenvalue weighted by Crippen LogP contribution is -2.46. The Hall–Kier alpha value is -4.33. The van der Waals surface area contributed by atoms with Gasteiger partial charge in [0, 0.05) is 12.3 Å². The van der Waals surface area contributed by atoms with Gasteiger partial charge in [0.1, 0.15) is 24.9 Å². The smallest absolute Gasteiger partial charge is 0.407 e. The highest BCUT2D eigenvalue weighted by Gasteiger charge is 2.29. The first-order valence-electron chi connectivity index (χ1n) is 10.8. The molecule has 1 atom stereocenters. The summed E-state index contributed by atoms with van der Waals surface area (Å²) in [6.07, 6.45) is -0.728. The van der Waals surface area contributed by atoms with E-state index in [2.05, 4.69) is 10.6 Å². The number of aliphatic carboxylic acids is 1. The molecule has 0 aliphatic heterocycles. The van der Waals surface area contributed by atoms with Gasteiger partial charge < -0.3 is 25.6 Å². The number of benzene rings is 3. The fourth-order valence-electron chi connectivity index (χ4n) is 4.12. The van der Waals surface area contributed by atoms with Gasteiger partial charge in [0.2, 0.25) is 5.91 Å². The Labute approximate surface area is 196 Å². The summed E-state index contributed by atoms with van der Waals surface area (Å²) in [5.41, 5.74) is 5.01. The van der Waals surface area contributed by atoms with Crippen LogP contribution in [0.4, 0.5) is 4.79 Å². The molecule has 3 aromatic carbocycles. The van der Waals surface area contributed by atoms with E-state index in [1.807, 2.05) is 48.5 Å². The van der Waals surface area contributed by atoms with Gasteiger partial charge in [0.25, 0.3) is 0 Å². The zero-order chi connectivity index (χ0) is 24.1. The molecule has 34 heavy (non-hydrogen) atoms. The van der Waals surface area contributed by atoms with Gasteiger partial charge in [-0.2, -0.15) is 0 Å². The molecule has 4 N–H and O–H groups in total. The molecular weight excluding hydrogens is 436 g/mol. The zero-order valence-electron chi connectivity index (χ0n) is 18.2. The number of hydrogen-bond acceptors (Lipinski definition) is 5. The Morgan fingerprint density at radius 1 is 0.882 bits per heavy atom. The summed E-state index contributed by atoms with van der Waals surface area (Å²) >= 11 is 0. The summed E-state index contributed by atoms with van der Waals surface area (Å²) in [5, 5.41) is 23.5. The molecule has 0 aromatic heterocycles. The minimum absolute atomic E-state index is 0.0340. The van der Waals surface area contributed by atoms with Crippen molar-refractivity contribution in [1.82, 2.24) is 10.6 Å². The second-order valence-corrected chi connectivity index (χ2v) is 8.01. The highest BCUT2D eigenvalue weighted by atomic mass is 16.5. The fraction of sp³-hybridized carbons (Fsp3) is 0.192. The molecular formula is C26H24N2O6. The van der Waals surface area contributed by atoms with E-state index in [9.17, 15) is 24.6 Å². The first-order valence-corrected chi connectivity index (χ1v) is 10.8. The molecule has 8 nitrogen and oxygen atoms in total. The van der Waals surface area contributed by atoms with E-state index in [4.69, 9.17) is 4.74 Å². The first kappa shape index (κ1) is 22.8. The third kappa shape index (κ3) is 5.17. The van der Waals surface area contributed by atoms with Crippen LogP contribution in [0.15, 0.2) is 72.8 Å². The molecule has 0 bridgehead atoms. The Kier molecular flexibility index (Phi) is 6.77. The van der Waals surface area contributed by atoms with Gasteiger partial charge in [-0.05, 0) is 39.9 Å². The Bertz CT molecular complexity index is 1160. The highest BCUT2D eigenvalue weighted by Crippen LogP contribution is 2.44. The zero-order valence-corrected chi connectivity index (χ0v) is 18.2. The minimum atomic E-state index is -1.21. The molecule has 0 saturated carbocycles. The van der Waals surface area contributed by atoms with Crippen LogP contribution in [-0.2, 0) is 20.7 Å². The van der Waals surface area contributed by atoms with E-state index in [1.54, 1.807) is 12.1 Å². The van der Waals surface area contributed by atoms with Crippen molar-refractivity contribution < 1.29 is 29.3 Å². The van der Waals surface area contributed by atoms with Crippen molar-refractivity contribution in [2.75, 3.05) is 13.2 Å². The third-order valence-electron chi connectivity index (χ3n) is 5.75. The number of ether oxygens (including phenoxy) is 1. The van der Waals surface area contributed by atoms with Crippen molar-refractivity contribution in [1.29, 1.82) is 0 Å². The summed E-state index contributed by atoms with van der Waals surface area (Å²) in [4.78, 5) is 35.9. The van der Waals surface area contributed by atoms with E-state index < -0.39 is 30.6 Å². The number of phenolic OH excluding ortho intramolecular Hbond substituents is 1. The number of rotatable bonds is 8. The van der Waals surface area contributed by atoms with Crippen molar-refractivity contribution in [2.45, 2.75) is 18.4 Å². The highest BCUT2D eigenvalue weighted by molar-refractivity contribution is 5.87. The largest absolute Gasteiger partial charge is 0.508 e. The maximum absolute atomic E-state index is 12.2. The summed E-state index contributed by atoms with van der Waals surface area (Å²) in [6.45, 7) is -0.309. The summed E-state index contributed by atoms with van der Waals surface area (Å²) in [7, 11) is 0. The molecule has 174 valence electrons. The van der Waals surface area contributed by atoms with E-state index in [1.165, 1.54) is 12.1 Å². The Morgan fingerprint density at radius 3 is 2.06 bits per heavy atom. The molecule has 1 aliphatic carbocycles. The van der Waals surface area contributed by atoms with Crippen LogP contribution >= 0.6 is 0 Å². The number of hydrogen-bond donors (Lipinski definition) is 4. The van der Waals surface area contributed by atoms with Gasteiger partial charge in [0.05, 0.1) is 0 Å². The molecule has 0 radical (unpaired) electrons. The van der Waals surface area contributed by atoms with Gasteiger partial charge >= 0.3 is 12.1 Å². The lowest BCUT2D eigenvalue weighted by atomic mass is 9.98. The van der Waals surface area contributed by atoms with Crippen LogP contribution in [0, 0.1) is 0 Å². The van der Waals surface area contributed by atoms with Crippen molar-refractivity contribution in [2.24, 2.45) is 0 Å². The number of aromatic hydroxyl groups is 1. The molecule has 8 heteroatoms. The molecule has 1 unspecified atom stereocenters. The molecule has 4 rings (SSSR count). The minimum Gasteiger partial charge on any atom is -0.508 e. The van der Waals surface area contributed by atoms with Crippen molar-refractivity contribution in [3.8, 4) is 16.9 Å². The maximum Gasteiger partial charge on any atom is 0.407 e. The second kappa shape index (κ2) is 10.1. The number of phenols is 1. The standard InChI is InChI=1S/C26H24N2O6/c29-17-11-9-16(10-12-17)13-23(25(31)32)28-24(30)14-27-26(33)34-15-22-20-7-3-1-5-18(20)19-6-2-4-8-21(19)22/h1-12,22-23,29H,13-15H2,(H,27,33)(H,28,30)(H,31,32). The number of carbonyl (C=O) groups is 3. The number of fused-ring (bicyclic) bond motifs is 3. The van der Waals surface area contributed by atoms with E-state index in [0.29, 0.717) is 5.56 Å². The first-order chi connectivity index (χ1) is 16.4. The predicted octanol–water partition coefficient (Wildman–Crippen LogP) is 3.04. The molecule has 2 amide bonds. The monoisotopic (exact) mass is 460 g/mol. The van der Waals surface area contributed by atoms with E-state index in [0.717, 1.165) is 22.3 Å². The average molecular weight is 460 g/mol. The fourth-order valence-corrected chi connectivity index (χ4v) is 4.12. The van der Waals surface area contributed by atoms with Gasteiger partial charge in [-0.15, -0.1) is 0 Å². The van der Waals surface area contributed by atoms with Crippen molar-refractivity contribution >= 4 is 18.0 Å². The van der Waals surface area contributed by atoms with Gasteiger partial charge in [-0.1, -0.05) is 60.7 Å². The van der Waals surface area contributed by atoms with Gasteiger partial charge in [-0.3, -0.25) is 4.79 Å². The average Bonchev–Trinajstić information content (AvgIpc) is 3.16. The summed E-state index contributed by atoms with van der Waals surface area (Å²) in [6, 6.07) is 20.8. The molecule has 0 spiro atoms. The quantitative estimate of drug-likeness (QED) is 0.410. The van der Waals surface area contributed by atoms with Crippen LogP contribution < -0.4 is 10.6 Å². The number of carboxylic acid groups (broad SMARTS) is 1.